The summed E-state index contributed by atoms with van der Waals surface area (Å²) in [5.74, 6) is -0.619. The van der Waals surface area contributed by atoms with Crippen LogP contribution in [0.5, 0.6) is 0 Å². The van der Waals surface area contributed by atoms with Crippen LogP contribution in [0, 0.1) is 5.92 Å². The number of furan rings is 1. The molecule has 0 spiro atoms. The minimum Gasteiger partial charge on any atom is -0.489 e. The highest BCUT2D eigenvalue weighted by Crippen LogP contribution is 2.33. The van der Waals surface area contributed by atoms with E-state index in [0.29, 0.717) is 30.0 Å². The SMILES string of the molecule is CC1CC(CC(=O)O)=C(OCc2coc3ccc(-c4cccc(CN)c4)cc23)C=C1NC(=O)OC(C)(C)C. The molecule has 38 heavy (non-hydrogen) atoms. The molecule has 1 aliphatic carbocycles. The first kappa shape index (κ1) is 27.0. The summed E-state index contributed by atoms with van der Waals surface area (Å²) in [5, 5.41) is 13.2. The van der Waals surface area contributed by atoms with Crippen LogP contribution < -0.4 is 11.1 Å². The van der Waals surface area contributed by atoms with Gasteiger partial charge in [0.1, 0.15) is 23.6 Å². The molecule has 0 bridgehead atoms. The summed E-state index contributed by atoms with van der Waals surface area (Å²) < 4.78 is 17.3. The lowest BCUT2D eigenvalue weighted by Crippen LogP contribution is -2.34. The van der Waals surface area contributed by atoms with Gasteiger partial charge in [0.2, 0.25) is 0 Å². The first-order chi connectivity index (χ1) is 18.0. The van der Waals surface area contributed by atoms with Crippen molar-refractivity contribution < 1.29 is 28.6 Å². The Balaban J connectivity index is 1.59. The van der Waals surface area contributed by atoms with Crippen LogP contribution >= 0.6 is 0 Å². The van der Waals surface area contributed by atoms with Crippen LogP contribution in [-0.2, 0) is 27.4 Å². The summed E-state index contributed by atoms with van der Waals surface area (Å²) in [6.07, 6.45) is 3.07. The molecule has 1 amide bonds. The maximum atomic E-state index is 12.4. The fraction of sp³-hybridized carbons (Fsp3) is 0.333. The fourth-order valence-corrected chi connectivity index (χ4v) is 4.44. The van der Waals surface area contributed by atoms with Crippen molar-refractivity contribution in [3.05, 3.63) is 83.0 Å². The van der Waals surface area contributed by atoms with Gasteiger partial charge in [-0.3, -0.25) is 10.1 Å². The predicted octanol–water partition coefficient (Wildman–Crippen LogP) is 6.25. The van der Waals surface area contributed by atoms with E-state index in [1.54, 1.807) is 33.1 Å². The molecule has 4 rings (SSSR count). The van der Waals surface area contributed by atoms with Crippen LogP contribution in [0.1, 0.15) is 51.7 Å². The number of carbonyl (C=O) groups is 2. The number of amides is 1. The number of carbonyl (C=O) groups excluding carboxylic acids is 1. The van der Waals surface area contributed by atoms with Crippen LogP contribution in [0.15, 0.2) is 76.3 Å². The number of carboxylic acid groups (broad SMARTS) is 1. The van der Waals surface area contributed by atoms with Gasteiger partial charge >= 0.3 is 12.1 Å². The van der Waals surface area contributed by atoms with Gasteiger partial charge in [0.05, 0.1) is 12.7 Å². The van der Waals surface area contributed by atoms with Gasteiger partial charge in [-0.2, -0.15) is 0 Å². The second kappa shape index (κ2) is 11.1. The summed E-state index contributed by atoms with van der Waals surface area (Å²) in [7, 11) is 0. The van der Waals surface area contributed by atoms with E-state index in [-0.39, 0.29) is 18.9 Å². The number of hydrogen-bond donors (Lipinski definition) is 3. The van der Waals surface area contributed by atoms with Crippen LogP contribution in [-0.4, -0.2) is 22.8 Å². The zero-order valence-electron chi connectivity index (χ0n) is 22.2. The normalized spacial score (nSPS) is 15.8. The number of hydrogen-bond acceptors (Lipinski definition) is 6. The Hall–Kier alpha value is -4.04. The zero-order valence-corrected chi connectivity index (χ0v) is 22.2. The Morgan fingerprint density at radius 3 is 2.63 bits per heavy atom. The van der Waals surface area contributed by atoms with Gasteiger partial charge in [-0.25, -0.2) is 4.79 Å². The highest BCUT2D eigenvalue weighted by molar-refractivity contribution is 5.86. The van der Waals surface area contributed by atoms with Crippen molar-refractivity contribution in [2.24, 2.45) is 11.7 Å². The number of aliphatic carboxylic acids is 1. The van der Waals surface area contributed by atoms with Crippen molar-refractivity contribution in [2.45, 2.75) is 59.3 Å². The van der Waals surface area contributed by atoms with Crippen LogP contribution in [0.3, 0.4) is 0 Å². The number of nitrogens with two attached hydrogens (primary N) is 1. The van der Waals surface area contributed by atoms with Gasteiger partial charge in [0.25, 0.3) is 0 Å². The lowest BCUT2D eigenvalue weighted by Gasteiger charge is -2.27. The molecule has 4 N–H and O–H groups in total. The van der Waals surface area contributed by atoms with Crippen molar-refractivity contribution in [1.82, 2.24) is 5.32 Å². The van der Waals surface area contributed by atoms with E-state index in [1.807, 2.05) is 43.3 Å². The van der Waals surface area contributed by atoms with Crippen LogP contribution in [0.2, 0.25) is 0 Å². The molecule has 1 heterocycles. The number of fused-ring (bicyclic) bond motifs is 1. The Morgan fingerprint density at radius 1 is 1.16 bits per heavy atom. The smallest absolute Gasteiger partial charge is 0.411 e. The maximum absolute atomic E-state index is 12.4. The highest BCUT2D eigenvalue weighted by atomic mass is 16.6. The molecule has 8 nitrogen and oxygen atoms in total. The minimum absolute atomic E-state index is 0.106. The number of ether oxygens (including phenoxy) is 2. The lowest BCUT2D eigenvalue weighted by molar-refractivity contribution is -0.136. The van der Waals surface area contributed by atoms with Gasteiger partial charge in [-0.05, 0) is 73.7 Å². The predicted molar refractivity (Wildman–Crippen MR) is 145 cm³/mol. The van der Waals surface area contributed by atoms with Crippen molar-refractivity contribution >= 4 is 23.0 Å². The zero-order chi connectivity index (χ0) is 27.4. The number of nitrogens with one attached hydrogen (secondary N) is 1. The molecule has 200 valence electrons. The molecular formula is C30H34N2O6. The Bertz CT molecular complexity index is 1410. The molecule has 0 aliphatic heterocycles. The minimum atomic E-state index is -0.941. The summed E-state index contributed by atoms with van der Waals surface area (Å²) in [6, 6.07) is 14.0. The molecule has 0 saturated carbocycles. The number of alkyl carbamates (subject to hydrolysis) is 1. The third kappa shape index (κ3) is 6.63. The van der Waals surface area contributed by atoms with Gasteiger partial charge in [-0.15, -0.1) is 0 Å². The molecule has 8 heteroatoms. The van der Waals surface area contributed by atoms with E-state index < -0.39 is 17.7 Å². The van der Waals surface area contributed by atoms with E-state index >= 15 is 0 Å². The molecule has 3 aromatic rings. The third-order valence-electron chi connectivity index (χ3n) is 6.26. The standard InChI is InChI=1S/C30H34N2O6/c1-18-10-22(13-28(33)34)27(14-25(18)32-29(35)38-30(2,3)4)37-17-23-16-36-26-9-8-21(12-24(23)26)20-7-5-6-19(11-20)15-31/h5-9,11-12,14,16,18H,10,13,15,17,31H2,1-4H3,(H,32,35)(H,33,34). The van der Waals surface area contributed by atoms with Gasteiger partial charge in [0, 0.05) is 29.1 Å². The first-order valence-corrected chi connectivity index (χ1v) is 12.6. The second-order valence-corrected chi connectivity index (χ2v) is 10.5. The summed E-state index contributed by atoms with van der Waals surface area (Å²) >= 11 is 0. The highest BCUT2D eigenvalue weighted by Gasteiger charge is 2.26. The van der Waals surface area contributed by atoms with E-state index in [1.165, 1.54) is 0 Å². The number of rotatable bonds is 8. The van der Waals surface area contributed by atoms with E-state index in [4.69, 9.17) is 19.6 Å². The number of carboxylic acids is 1. The van der Waals surface area contributed by atoms with Crippen molar-refractivity contribution in [3.63, 3.8) is 0 Å². The molecule has 0 saturated heterocycles. The summed E-state index contributed by atoms with van der Waals surface area (Å²) in [5.41, 5.74) is 11.1. The van der Waals surface area contributed by atoms with E-state index in [9.17, 15) is 14.7 Å². The fourth-order valence-electron chi connectivity index (χ4n) is 4.44. The summed E-state index contributed by atoms with van der Waals surface area (Å²) in [4.78, 5) is 23.9. The molecule has 2 aromatic carbocycles. The van der Waals surface area contributed by atoms with Gasteiger partial charge in [0.15, 0.2) is 0 Å². The van der Waals surface area contributed by atoms with Crippen molar-refractivity contribution in [1.29, 1.82) is 0 Å². The summed E-state index contributed by atoms with van der Waals surface area (Å²) in [6.45, 7) is 7.93. The monoisotopic (exact) mass is 518 g/mol. The van der Waals surface area contributed by atoms with E-state index in [2.05, 4.69) is 11.4 Å². The van der Waals surface area contributed by atoms with Crippen molar-refractivity contribution in [3.8, 4) is 11.1 Å². The number of allylic oxidation sites excluding steroid dienone is 2. The molecule has 1 aliphatic rings. The molecule has 0 fully saturated rings. The number of benzene rings is 2. The Morgan fingerprint density at radius 2 is 1.92 bits per heavy atom. The average molecular weight is 519 g/mol. The van der Waals surface area contributed by atoms with Crippen LogP contribution in [0.4, 0.5) is 4.79 Å². The van der Waals surface area contributed by atoms with Gasteiger partial charge < -0.3 is 24.7 Å². The maximum Gasteiger partial charge on any atom is 0.411 e. The van der Waals surface area contributed by atoms with Crippen molar-refractivity contribution in [2.75, 3.05) is 0 Å². The second-order valence-electron chi connectivity index (χ2n) is 10.5. The molecule has 1 unspecified atom stereocenters. The molecule has 0 radical (unpaired) electrons. The lowest BCUT2D eigenvalue weighted by atomic mass is 9.90. The average Bonchev–Trinajstić information content (AvgIpc) is 3.25. The largest absolute Gasteiger partial charge is 0.489 e. The quantitative estimate of drug-likeness (QED) is 0.322. The molecule has 1 atom stereocenters. The third-order valence-corrected chi connectivity index (χ3v) is 6.26. The molecular weight excluding hydrogens is 484 g/mol. The molecule has 1 aromatic heterocycles. The Labute approximate surface area is 222 Å². The topological polar surface area (TPSA) is 124 Å². The Kier molecular flexibility index (Phi) is 7.92. The van der Waals surface area contributed by atoms with Crippen LogP contribution in [0.25, 0.3) is 22.1 Å². The first-order valence-electron chi connectivity index (χ1n) is 12.6. The van der Waals surface area contributed by atoms with Gasteiger partial charge in [-0.1, -0.05) is 31.2 Å². The van der Waals surface area contributed by atoms with E-state index in [0.717, 1.165) is 33.2 Å².